The van der Waals surface area contributed by atoms with E-state index in [0.717, 1.165) is 12.8 Å². The predicted octanol–water partition coefficient (Wildman–Crippen LogP) is 1.05. The number of rotatable bonds is 3. The first-order chi connectivity index (χ1) is 5.65. The third kappa shape index (κ3) is 1.26. The third-order valence-electron chi connectivity index (χ3n) is 3.95. The molecule has 0 atom stereocenters. The number of amides is 1. The van der Waals surface area contributed by atoms with E-state index < -0.39 is 16.4 Å². The minimum absolute atomic E-state index is 0.278. The molecule has 1 fully saturated rings. The summed E-state index contributed by atoms with van der Waals surface area (Å²) >= 11 is 0. The van der Waals surface area contributed by atoms with Gasteiger partial charge in [-0.2, -0.15) is 0 Å². The molecule has 13 heavy (non-hydrogen) atoms. The standard InChI is InChI=1S/C10H19NO2/c1-8(2,9(3,4)13)10(5-6-10)7(11)12/h13H,5-6H2,1-4H3,(H2,11,12). The van der Waals surface area contributed by atoms with Crippen LogP contribution >= 0.6 is 0 Å². The topological polar surface area (TPSA) is 63.3 Å². The van der Waals surface area contributed by atoms with E-state index in [0.29, 0.717) is 0 Å². The van der Waals surface area contributed by atoms with Crippen molar-refractivity contribution in [1.29, 1.82) is 0 Å². The zero-order valence-electron chi connectivity index (χ0n) is 8.85. The second-order valence-corrected chi connectivity index (χ2v) is 5.13. The molecular formula is C10H19NO2. The van der Waals surface area contributed by atoms with Gasteiger partial charge in [-0.05, 0) is 26.7 Å². The molecule has 1 aliphatic rings. The summed E-state index contributed by atoms with van der Waals surface area (Å²) in [5, 5.41) is 9.96. The lowest BCUT2D eigenvalue weighted by atomic mass is 9.65. The summed E-state index contributed by atoms with van der Waals surface area (Å²) in [6.45, 7) is 7.28. The Bertz CT molecular complexity index is 234. The van der Waals surface area contributed by atoms with Crippen molar-refractivity contribution < 1.29 is 9.90 Å². The van der Waals surface area contributed by atoms with Crippen LogP contribution in [0.3, 0.4) is 0 Å². The number of hydrogen-bond acceptors (Lipinski definition) is 2. The van der Waals surface area contributed by atoms with Gasteiger partial charge >= 0.3 is 0 Å². The Morgan fingerprint density at radius 2 is 1.69 bits per heavy atom. The molecule has 3 N–H and O–H groups in total. The second-order valence-electron chi connectivity index (χ2n) is 5.13. The molecule has 3 nitrogen and oxygen atoms in total. The smallest absolute Gasteiger partial charge is 0.224 e. The SMILES string of the molecule is CC(C)(O)C(C)(C)C1(C(N)=O)CC1. The third-order valence-corrected chi connectivity index (χ3v) is 3.95. The van der Waals surface area contributed by atoms with Gasteiger partial charge in [-0.25, -0.2) is 0 Å². The van der Waals surface area contributed by atoms with Crippen LogP contribution < -0.4 is 5.73 Å². The summed E-state index contributed by atoms with van der Waals surface area (Å²) in [4.78, 5) is 11.3. The van der Waals surface area contributed by atoms with Gasteiger partial charge in [0.05, 0.1) is 11.0 Å². The van der Waals surface area contributed by atoms with E-state index in [-0.39, 0.29) is 5.91 Å². The lowest BCUT2D eigenvalue weighted by Gasteiger charge is -2.42. The number of nitrogens with two attached hydrogens (primary N) is 1. The minimum Gasteiger partial charge on any atom is -0.390 e. The van der Waals surface area contributed by atoms with Crippen molar-refractivity contribution >= 4 is 5.91 Å². The molecule has 0 radical (unpaired) electrons. The summed E-state index contributed by atoms with van der Waals surface area (Å²) in [5.74, 6) is -0.278. The van der Waals surface area contributed by atoms with Crippen molar-refractivity contribution in [1.82, 2.24) is 0 Å². The van der Waals surface area contributed by atoms with Gasteiger partial charge in [0.2, 0.25) is 5.91 Å². The largest absolute Gasteiger partial charge is 0.390 e. The highest BCUT2D eigenvalue weighted by Gasteiger charge is 2.63. The molecule has 1 rings (SSSR count). The number of aliphatic hydroxyl groups is 1. The normalized spacial score (nSPS) is 21.3. The monoisotopic (exact) mass is 185 g/mol. The fourth-order valence-electron chi connectivity index (χ4n) is 1.89. The van der Waals surface area contributed by atoms with Crippen LogP contribution in [0.1, 0.15) is 40.5 Å². The van der Waals surface area contributed by atoms with E-state index in [1.165, 1.54) is 0 Å². The number of carbonyl (C=O) groups excluding carboxylic acids is 1. The maximum atomic E-state index is 11.3. The van der Waals surface area contributed by atoms with Crippen molar-refractivity contribution in [2.45, 2.75) is 46.1 Å². The van der Waals surface area contributed by atoms with Gasteiger partial charge in [-0.3, -0.25) is 4.79 Å². The zero-order chi connectivity index (χ0) is 10.5. The van der Waals surface area contributed by atoms with E-state index in [2.05, 4.69) is 0 Å². The van der Waals surface area contributed by atoms with Gasteiger partial charge in [-0.15, -0.1) is 0 Å². The van der Waals surface area contributed by atoms with Crippen LogP contribution in [0.25, 0.3) is 0 Å². The van der Waals surface area contributed by atoms with Crippen molar-refractivity contribution in [3.05, 3.63) is 0 Å². The van der Waals surface area contributed by atoms with Crippen LogP contribution in [0, 0.1) is 10.8 Å². The van der Waals surface area contributed by atoms with Gasteiger partial charge in [0.25, 0.3) is 0 Å². The lowest BCUT2D eigenvalue weighted by Crippen LogP contribution is -2.50. The molecule has 0 aromatic rings. The molecule has 1 aliphatic carbocycles. The number of primary amides is 1. The van der Waals surface area contributed by atoms with Gasteiger partial charge in [0.15, 0.2) is 0 Å². The first kappa shape index (κ1) is 10.5. The summed E-state index contributed by atoms with van der Waals surface area (Å²) in [7, 11) is 0. The Kier molecular flexibility index (Phi) is 2.00. The molecule has 1 saturated carbocycles. The predicted molar refractivity (Wildman–Crippen MR) is 50.9 cm³/mol. The van der Waals surface area contributed by atoms with Crippen molar-refractivity contribution in [2.24, 2.45) is 16.6 Å². The van der Waals surface area contributed by atoms with Crippen LogP contribution in [0.4, 0.5) is 0 Å². The molecule has 0 aromatic carbocycles. The van der Waals surface area contributed by atoms with Gasteiger partial charge in [-0.1, -0.05) is 13.8 Å². The maximum absolute atomic E-state index is 11.3. The molecule has 0 bridgehead atoms. The average Bonchev–Trinajstić information content (AvgIpc) is 2.61. The summed E-state index contributed by atoms with van der Waals surface area (Å²) < 4.78 is 0. The first-order valence-electron chi connectivity index (χ1n) is 4.67. The summed E-state index contributed by atoms with van der Waals surface area (Å²) in [6, 6.07) is 0. The number of carbonyl (C=O) groups is 1. The highest BCUT2D eigenvalue weighted by atomic mass is 16.3. The molecule has 0 unspecified atom stereocenters. The van der Waals surface area contributed by atoms with Crippen LogP contribution in [0.5, 0.6) is 0 Å². The first-order valence-corrected chi connectivity index (χ1v) is 4.67. The molecular weight excluding hydrogens is 166 g/mol. The average molecular weight is 185 g/mol. The van der Waals surface area contributed by atoms with Crippen LogP contribution in [-0.2, 0) is 4.79 Å². The van der Waals surface area contributed by atoms with Crippen LogP contribution in [0.2, 0.25) is 0 Å². The van der Waals surface area contributed by atoms with Gasteiger partial charge in [0, 0.05) is 5.41 Å². The molecule has 0 spiro atoms. The van der Waals surface area contributed by atoms with Crippen LogP contribution in [-0.4, -0.2) is 16.6 Å². The summed E-state index contributed by atoms with van der Waals surface area (Å²) in [6.07, 6.45) is 1.61. The molecule has 3 heteroatoms. The molecule has 0 saturated heterocycles. The molecule has 76 valence electrons. The van der Waals surface area contributed by atoms with E-state index in [1.807, 2.05) is 13.8 Å². The quantitative estimate of drug-likeness (QED) is 0.690. The van der Waals surface area contributed by atoms with Crippen molar-refractivity contribution in [3.63, 3.8) is 0 Å². The molecule has 0 aromatic heterocycles. The Morgan fingerprint density at radius 3 is 1.77 bits per heavy atom. The van der Waals surface area contributed by atoms with Crippen molar-refractivity contribution in [3.8, 4) is 0 Å². The Hall–Kier alpha value is -0.570. The summed E-state index contributed by atoms with van der Waals surface area (Å²) in [5.41, 5.74) is 3.56. The zero-order valence-corrected chi connectivity index (χ0v) is 8.85. The molecule has 0 aliphatic heterocycles. The van der Waals surface area contributed by atoms with E-state index in [1.54, 1.807) is 13.8 Å². The lowest BCUT2D eigenvalue weighted by molar-refractivity contribution is -0.138. The van der Waals surface area contributed by atoms with E-state index >= 15 is 0 Å². The Balaban J connectivity index is 3.00. The Morgan fingerprint density at radius 1 is 1.31 bits per heavy atom. The maximum Gasteiger partial charge on any atom is 0.224 e. The Labute approximate surface area is 79.3 Å². The number of hydrogen-bond donors (Lipinski definition) is 2. The molecule has 1 amide bonds. The van der Waals surface area contributed by atoms with Crippen molar-refractivity contribution in [2.75, 3.05) is 0 Å². The second kappa shape index (κ2) is 2.47. The minimum atomic E-state index is -0.876. The molecule has 0 heterocycles. The van der Waals surface area contributed by atoms with Gasteiger partial charge < -0.3 is 10.8 Å². The highest BCUT2D eigenvalue weighted by molar-refractivity contribution is 5.84. The van der Waals surface area contributed by atoms with E-state index in [9.17, 15) is 9.90 Å². The fraction of sp³-hybridized carbons (Fsp3) is 0.900. The fourth-order valence-corrected chi connectivity index (χ4v) is 1.89. The van der Waals surface area contributed by atoms with Gasteiger partial charge in [0.1, 0.15) is 0 Å². The highest BCUT2D eigenvalue weighted by Crippen LogP contribution is 2.62. The van der Waals surface area contributed by atoms with E-state index in [4.69, 9.17) is 5.73 Å². The van der Waals surface area contributed by atoms with Crippen LogP contribution in [0.15, 0.2) is 0 Å².